The van der Waals surface area contributed by atoms with Crippen molar-refractivity contribution in [1.82, 2.24) is 10.3 Å². The van der Waals surface area contributed by atoms with Crippen LogP contribution in [0.5, 0.6) is 0 Å². The Morgan fingerprint density at radius 2 is 2.00 bits per heavy atom. The fourth-order valence-corrected chi connectivity index (χ4v) is 2.19. The summed E-state index contributed by atoms with van der Waals surface area (Å²) in [5.74, 6) is 1.94. The molecule has 1 N–H and O–H groups in total. The molecule has 0 saturated heterocycles. The van der Waals surface area contributed by atoms with Gasteiger partial charge in [0.2, 0.25) is 0 Å². The van der Waals surface area contributed by atoms with Crippen molar-refractivity contribution in [3.8, 4) is 0 Å². The molecule has 18 heavy (non-hydrogen) atoms. The van der Waals surface area contributed by atoms with Crippen molar-refractivity contribution in [2.45, 2.75) is 33.2 Å². The second-order valence-electron chi connectivity index (χ2n) is 4.54. The summed E-state index contributed by atoms with van der Waals surface area (Å²) in [7, 11) is 0. The van der Waals surface area contributed by atoms with Gasteiger partial charge in [-0.1, -0.05) is 6.92 Å². The van der Waals surface area contributed by atoms with Crippen LogP contribution in [0.15, 0.2) is 35.0 Å². The SMILES string of the molecule is CCCNC(c1ccncc1)c1cc(C)oc1C. The van der Waals surface area contributed by atoms with E-state index in [1.165, 1.54) is 11.1 Å². The van der Waals surface area contributed by atoms with Crippen LogP contribution >= 0.6 is 0 Å². The van der Waals surface area contributed by atoms with Crippen LogP contribution in [0.2, 0.25) is 0 Å². The van der Waals surface area contributed by atoms with Gasteiger partial charge in [0.05, 0.1) is 6.04 Å². The average Bonchev–Trinajstić information content (AvgIpc) is 2.70. The second kappa shape index (κ2) is 5.83. The molecule has 0 aliphatic carbocycles. The number of hydrogen-bond acceptors (Lipinski definition) is 3. The maximum atomic E-state index is 5.64. The molecule has 1 atom stereocenters. The Kier molecular flexibility index (Phi) is 4.15. The molecule has 0 spiro atoms. The summed E-state index contributed by atoms with van der Waals surface area (Å²) < 4.78 is 5.64. The molecule has 2 heterocycles. The Morgan fingerprint density at radius 3 is 2.56 bits per heavy atom. The van der Waals surface area contributed by atoms with Crippen LogP contribution in [0.4, 0.5) is 0 Å². The van der Waals surface area contributed by atoms with Crippen molar-refractivity contribution in [1.29, 1.82) is 0 Å². The third-order valence-corrected chi connectivity index (χ3v) is 3.03. The standard InChI is InChI=1S/C15H20N2O/c1-4-7-17-15(13-5-8-16-9-6-13)14-10-11(2)18-12(14)3/h5-6,8-10,15,17H,4,7H2,1-3H3. The van der Waals surface area contributed by atoms with E-state index in [0.29, 0.717) is 0 Å². The Labute approximate surface area is 108 Å². The molecule has 2 aromatic rings. The lowest BCUT2D eigenvalue weighted by Gasteiger charge is -2.18. The maximum absolute atomic E-state index is 5.64. The number of nitrogens with zero attached hydrogens (tertiary/aromatic N) is 1. The normalized spacial score (nSPS) is 12.6. The number of aryl methyl sites for hydroxylation is 2. The molecule has 96 valence electrons. The number of hydrogen-bond donors (Lipinski definition) is 1. The van der Waals surface area contributed by atoms with E-state index in [0.717, 1.165) is 24.5 Å². The minimum Gasteiger partial charge on any atom is -0.466 e. The first-order valence-corrected chi connectivity index (χ1v) is 6.42. The molecule has 0 fully saturated rings. The summed E-state index contributed by atoms with van der Waals surface area (Å²) >= 11 is 0. The number of aromatic nitrogens is 1. The summed E-state index contributed by atoms with van der Waals surface area (Å²) in [4.78, 5) is 4.08. The second-order valence-corrected chi connectivity index (χ2v) is 4.54. The van der Waals surface area contributed by atoms with Crippen LogP contribution in [0, 0.1) is 13.8 Å². The van der Waals surface area contributed by atoms with Crippen molar-refractivity contribution in [3.05, 3.63) is 53.2 Å². The van der Waals surface area contributed by atoms with Crippen LogP contribution in [-0.2, 0) is 0 Å². The van der Waals surface area contributed by atoms with Crippen molar-refractivity contribution in [3.63, 3.8) is 0 Å². The molecule has 0 bridgehead atoms. The van der Waals surface area contributed by atoms with Gasteiger partial charge in [-0.2, -0.15) is 0 Å². The van der Waals surface area contributed by atoms with Crippen LogP contribution in [0.1, 0.15) is 42.0 Å². The predicted molar refractivity (Wildman–Crippen MR) is 72.6 cm³/mol. The van der Waals surface area contributed by atoms with E-state index in [9.17, 15) is 0 Å². The number of nitrogens with one attached hydrogen (secondary N) is 1. The Morgan fingerprint density at radius 1 is 1.28 bits per heavy atom. The van der Waals surface area contributed by atoms with E-state index >= 15 is 0 Å². The van der Waals surface area contributed by atoms with E-state index in [2.05, 4.69) is 35.4 Å². The molecule has 0 aliphatic heterocycles. The first kappa shape index (κ1) is 12.8. The van der Waals surface area contributed by atoms with Crippen LogP contribution < -0.4 is 5.32 Å². The number of furan rings is 1. The Hall–Kier alpha value is -1.61. The zero-order valence-electron chi connectivity index (χ0n) is 11.2. The van der Waals surface area contributed by atoms with E-state index in [4.69, 9.17) is 4.42 Å². The van der Waals surface area contributed by atoms with Gasteiger partial charge in [-0.3, -0.25) is 4.98 Å². The van der Waals surface area contributed by atoms with Gasteiger partial charge in [0, 0.05) is 18.0 Å². The highest BCUT2D eigenvalue weighted by Crippen LogP contribution is 2.27. The molecular weight excluding hydrogens is 224 g/mol. The van der Waals surface area contributed by atoms with Gasteiger partial charge >= 0.3 is 0 Å². The third kappa shape index (κ3) is 2.79. The van der Waals surface area contributed by atoms with Gasteiger partial charge in [-0.25, -0.2) is 0 Å². The largest absolute Gasteiger partial charge is 0.466 e. The van der Waals surface area contributed by atoms with Gasteiger partial charge in [0.1, 0.15) is 11.5 Å². The zero-order chi connectivity index (χ0) is 13.0. The van der Waals surface area contributed by atoms with Gasteiger partial charge in [-0.05, 0) is 50.6 Å². The van der Waals surface area contributed by atoms with E-state index < -0.39 is 0 Å². The summed E-state index contributed by atoms with van der Waals surface area (Å²) in [6.45, 7) is 7.16. The Balaban J connectivity index is 2.34. The third-order valence-electron chi connectivity index (χ3n) is 3.03. The monoisotopic (exact) mass is 244 g/mol. The molecule has 1 unspecified atom stereocenters. The molecule has 0 amide bonds. The van der Waals surface area contributed by atoms with Crippen LogP contribution in [-0.4, -0.2) is 11.5 Å². The smallest absolute Gasteiger partial charge is 0.106 e. The summed E-state index contributed by atoms with van der Waals surface area (Å²) in [6, 6.07) is 6.40. The lowest BCUT2D eigenvalue weighted by atomic mass is 10.00. The van der Waals surface area contributed by atoms with Gasteiger partial charge in [0.15, 0.2) is 0 Å². The lowest BCUT2D eigenvalue weighted by molar-refractivity contribution is 0.493. The first-order chi connectivity index (χ1) is 8.72. The molecule has 2 aromatic heterocycles. The molecule has 2 rings (SSSR count). The van der Waals surface area contributed by atoms with Crippen LogP contribution in [0.3, 0.4) is 0 Å². The highest BCUT2D eigenvalue weighted by atomic mass is 16.3. The van der Waals surface area contributed by atoms with Crippen molar-refractivity contribution in [2.75, 3.05) is 6.54 Å². The number of rotatable bonds is 5. The molecule has 0 aromatic carbocycles. The molecule has 3 nitrogen and oxygen atoms in total. The molecule has 0 radical (unpaired) electrons. The quantitative estimate of drug-likeness (QED) is 0.876. The molecular formula is C15H20N2O. The van der Waals surface area contributed by atoms with Crippen molar-refractivity contribution in [2.24, 2.45) is 0 Å². The molecule has 3 heteroatoms. The lowest BCUT2D eigenvalue weighted by Crippen LogP contribution is -2.23. The fraction of sp³-hybridized carbons (Fsp3) is 0.400. The highest BCUT2D eigenvalue weighted by molar-refractivity contribution is 5.33. The minimum absolute atomic E-state index is 0.186. The van der Waals surface area contributed by atoms with Gasteiger partial charge in [-0.15, -0.1) is 0 Å². The summed E-state index contributed by atoms with van der Waals surface area (Å²) in [5, 5.41) is 3.57. The molecule has 0 aliphatic rings. The van der Waals surface area contributed by atoms with E-state index in [-0.39, 0.29) is 6.04 Å². The van der Waals surface area contributed by atoms with E-state index in [1.54, 1.807) is 0 Å². The van der Waals surface area contributed by atoms with Crippen LogP contribution in [0.25, 0.3) is 0 Å². The minimum atomic E-state index is 0.186. The summed E-state index contributed by atoms with van der Waals surface area (Å²) in [5.41, 5.74) is 2.44. The molecule has 0 saturated carbocycles. The summed E-state index contributed by atoms with van der Waals surface area (Å²) in [6.07, 6.45) is 4.77. The maximum Gasteiger partial charge on any atom is 0.106 e. The zero-order valence-corrected chi connectivity index (χ0v) is 11.2. The van der Waals surface area contributed by atoms with Crippen molar-refractivity contribution >= 4 is 0 Å². The number of pyridine rings is 1. The Bertz CT molecular complexity index is 490. The fourth-order valence-electron chi connectivity index (χ4n) is 2.19. The van der Waals surface area contributed by atoms with E-state index in [1.807, 2.05) is 26.2 Å². The van der Waals surface area contributed by atoms with Gasteiger partial charge < -0.3 is 9.73 Å². The van der Waals surface area contributed by atoms with Gasteiger partial charge in [0.25, 0.3) is 0 Å². The topological polar surface area (TPSA) is 38.1 Å². The predicted octanol–water partition coefficient (Wildman–Crippen LogP) is 3.38. The highest BCUT2D eigenvalue weighted by Gasteiger charge is 2.18. The first-order valence-electron chi connectivity index (χ1n) is 6.42. The average molecular weight is 244 g/mol. The van der Waals surface area contributed by atoms with Crippen molar-refractivity contribution < 1.29 is 4.42 Å².